The second-order valence-corrected chi connectivity index (χ2v) is 5.70. The Hall–Kier alpha value is -1.36. The van der Waals surface area contributed by atoms with E-state index in [1.807, 2.05) is 0 Å². The first-order valence-corrected chi connectivity index (χ1v) is 7.69. The van der Waals surface area contributed by atoms with E-state index in [1.165, 1.54) is 5.69 Å². The van der Waals surface area contributed by atoms with E-state index in [0.717, 1.165) is 50.5 Å². The highest BCUT2D eigenvalue weighted by Gasteiger charge is 2.21. The predicted octanol–water partition coefficient (Wildman–Crippen LogP) is 1.57. The van der Waals surface area contributed by atoms with Gasteiger partial charge in [-0.15, -0.1) is 0 Å². The molecule has 1 aliphatic heterocycles. The molecule has 1 aliphatic rings. The number of amides is 1. The molecular weight excluding hydrogens is 252 g/mol. The molecule has 1 amide bonds. The quantitative estimate of drug-likeness (QED) is 0.830. The fraction of sp³-hybridized carbons (Fsp3) is 0.733. The van der Waals surface area contributed by atoms with Crippen molar-refractivity contribution < 1.29 is 4.79 Å². The molecule has 0 unspecified atom stereocenters. The summed E-state index contributed by atoms with van der Waals surface area (Å²) in [5.41, 5.74) is 2.48. The van der Waals surface area contributed by atoms with E-state index in [2.05, 4.69) is 36.0 Å². The van der Waals surface area contributed by atoms with E-state index in [-0.39, 0.29) is 5.91 Å². The van der Waals surface area contributed by atoms with Crippen molar-refractivity contribution in [2.75, 3.05) is 13.1 Å². The Labute approximate surface area is 121 Å². The predicted molar refractivity (Wildman–Crippen MR) is 79.6 cm³/mol. The number of nitrogens with one attached hydrogen (secondary N) is 2. The van der Waals surface area contributed by atoms with Gasteiger partial charge in [-0.25, -0.2) is 4.98 Å². The Morgan fingerprint density at radius 2 is 2.30 bits per heavy atom. The number of hydrogen-bond donors (Lipinski definition) is 2. The molecule has 5 nitrogen and oxygen atoms in total. The smallest absolute Gasteiger partial charge is 0.221 e. The number of carbonyl (C=O) groups is 1. The number of aromatic nitrogens is 2. The van der Waals surface area contributed by atoms with E-state index in [9.17, 15) is 4.79 Å². The van der Waals surface area contributed by atoms with Crippen molar-refractivity contribution in [3.63, 3.8) is 0 Å². The van der Waals surface area contributed by atoms with Gasteiger partial charge in [-0.05, 0) is 6.42 Å². The third-order valence-corrected chi connectivity index (χ3v) is 3.67. The summed E-state index contributed by atoms with van der Waals surface area (Å²) in [6.45, 7) is 9.75. The van der Waals surface area contributed by atoms with Crippen molar-refractivity contribution in [2.45, 2.75) is 59.0 Å². The summed E-state index contributed by atoms with van der Waals surface area (Å²) in [5, 5.41) is 6.30. The largest absolute Gasteiger partial charge is 0.356 e. The molecule has 0 aromatic carbocycles. The second kappa shape index (κ2) is 6.88. The summed E-state index contributed by atoms with van der Waals surface area (Å²) in [6.07, 6.45) is 2.52. The topological polar surface area (TPSA) is 59.0 Å². The average Bonchev–Trinajstić information content (AvgIpc) is 2.82. The van der Waals surface area contributed by atoms with Crippen LogP contribution in [0.15, 0.2) is 0 Å². The van der Waals surface area contributed by atoms with Crippen LogP contribution in [-0.2, 0) is 24.3 Å². The van der Waals surface area contributed by atoms with Crippen LogP contribution in [0.25, 0.3) is 0 Å². The fourth-order valence-corrected chi connectivity index (χ4v) is 2.65. The molecule has 2 heterocycles. The van der Waals surface area contributed by atoms with E-state index in [1.54, 1.807) is 0 Å². The van der Waals surface area contributed by atoms with Crippen LogP contribution in [0.5, 0.6) is 0 Å². The van der Waals surface area contributed by atoms with Gasteiger partial charge in [-0.2, -0.15) is 0 Å². The van der Waals surface area contributed by atoms with Crippen molar-refractivity contribution in [3.8, 4) is 0 Å². The zero-order valence-electron chi connectivity index (χ0n) is 12.8. The van der Waals surface area contributed by atoms with Gasteiger partial charge in [-0.3, -0.25) is 4.79 Å². The monoisotopic (exact) mass is 278 g/mol. The molecule has 0 spiro atoms. The Kier molecular flexibility index (Phi) is 5.17. The van der Waals surface area contributed by atoms with E-state index >= 15 is 0 Å². The van der Waals surface area contributed by atoms with Crippen molar-refractivity contribution in [1.82, 2.24) is 20.2 Å². The molecule has 0 aliphatic carbocycles. The number of nitrogens with zero attached hydrogens (tertiary/aromatic N) is 2. The van der Waals surface area contributed by atoms with Crippen LogP contribution in [0, 0.1) is 0 Å². The van der Waals surface area contributed by atoms with Crippen LogP contribution < -0.4 is 10.6 Å². The lowest BCUT2D eigenvalue weighted by molar-refractivity contribution is -0.121. The van der Waals surface area contributed by atoms with Gasteiger partial charge in [0, 0.05) is 50.6 Å². The fourth-order valence-electron chi connectivity index (χ4n) is 2.65. The highest BCUT2D eigenvalue weighted by atomic mass is 16.1. The van der Waals surface area contributed by atoms with Gasteiger partial charge < -0.3 is 15.2 Å². The van der Waals surface area contributed by atoms with Gasteiger partial charge in [0.05, 0.1) is 5.69 Å². The molecule has 0 atom stereocenters. The molecule has 5 heteroatoms. The third kappa shape index (κ3) is 3.39. The molecule has 1 aromatic heterocycles. The van der Waals surface area contributed by atoms with Crippen LogP contribution in [0.1, 0.15) is 56.7 Å². The second-order valence-electron chi connectivity index (χ2n) is 5.70. The van der Waals surface area contributed by atoms with Gasteiger partial charge in [0.1, 0.15) is 5.82 Å². The van der Waals surface area contributed by atoms with Crippen molar-refractivity contribution in [3.05, 3.63) is 17.2 Å². The molecule has 0 radical (unpaired) electrons. The maximum Gasteiger partial charge on any atom is 0.221 e. The average molecular weight is 278 g/mol. The minimum atomic E-state index is 0.137. The molecule has 20 heavy (non-hydrogen) atoms. The van der Waals surface area contributed by atoms with Gasteiger partial charge in [0.25, 0.3) is 0 Å². The molecular formula is C15H26N4O. The summed E-state index contributed by atoms with van der Waals surface area (Å²) in [7, 11) is 0. The Bertz CT molecular complexity index is 465. The zero-order chi connectivity index (χ0) is 14.5. The van der Waals surface area contributed by atoms with Crippen LogP contribution in [0.3, 0.4) is 0 Å². The summed E-state index contributed by atoms with van der Waals surface area (Å²) in [6, 6.07) is 0. The normalized spacial score (nSPS) is 14.4. The highest BCUT2D eigenvalue weighted by Crippen LogP contribution is 2.22. The molecule has 0 fully saturated rings. The van der Waals surface area contributed by atoms with Crippen LogP contribution in [0.2, 0.25) is 0 Å². The van der Waals surface area contributed by atoms with Crippen LogP contribution in [0.4, 0.5) is 0 Å². The van der Waals surface area contributed by atoms with Crippen molar-refractivity contribution in [1.29, 1.82) is 0 Å². The van der Waals surface area contributed by atoms with E-state index in [0.29, 0.717) is 12.3 Å². The molecule has 2 rings (SSSR count). The number of rotatable bonds is 6. The summed E-state index contributed by atoms with van der Waals surface area (Å²) < 4.78 is 2.27. The maximum atomic E-state index is 11.8. The molecule has 1 aromatic rings. The number of imidazole rings is 1. The van der Waals surface area contributed by atoms with Crippen LogP contribution >= 0.6 is 0 Å². The maximum absolute atomic E-state index is 11.8. The lowest BCUT2D eigenvalue weighted by atomic mass is 10.1. The van der Waals surface area contributed by atoms with E-state index < -0.39 is 0 Å². The van der Waals surface area contributed by atoms with Crippen molar-refractivity contribution in [2.24, 2.45) is 0 Å². The molecule has 2 N–H and O–H groups in total. The van der Waals surface area contributed by atoms with Gasteiger partial charge in [-0.1, -0.05) is 20.8 Å². The van der Waals surface area contributed by atoms with E-state index in [4.69, 9.17) is 4.98 Å². The summed E-state index contributed by atoms with van der Waals surface area (Å²) in [4.78, 5) is 16.5. The minimum Gasteiger partial charge on any atom is -0.356 e. The standard InChI is InChI=1S/C15H26N4O/c1-4-7-17-14(20)6-9-19-13-5-8-16-10-12(13)18-15(19)11(2)3/h11,16H,4-10H2,1-3H3,(H,17,20). The summed E-state index contributed by atoms with van der Waals surface area (Å²) >= 11 is 0. The number of carbonyl (C=O) groups excluding carboxylic acids is 1. The van der Waals surface area contributed by atoms with Gasteiger partial charge in [0.2, 0.25) is 5.91 Å². The third-order valence-electron chi connectivity index (χ3n) is 3.67. The molecule has 112 valence electrons. The molecule has 0 saturated heterocycles. The summed E-state index contributed by atoms with van der Waals surface area (Å²) in [5.74, 6) is 1.64. The minimum absolute atomic E-state index is 0.137. The number of fused-ring (bicyclic) bond motifs is 1. The lowest BCUT2D eigenvalue weighted by Gasteiger charge is -2.17. The Morgan fingerprint density at radius 1 is 1.50 bits per heavy atom. The molecule has 0 bridgehead atoms. The first-order chi connectivity index (χ1) is 9.63. The van der Waals surface area contributed by atoms with Crippen molar-refractivity contribution >= 4 is 5.91 Å². The highest BCUT2D eigenvalue weighted by molar-refractivity contribution is 5.75. The van der Waals surface area contributed by atoms with Gasteiger partial charge in [0.15, 0.2) is 0 Å². The zero-order valence-corrected chi connectivity index (χ0v) is 12.8. The Morgan fingerprint density at radius 3 is 3.00 bits per heavy atom. The number of hydrogen-bond acceptors (Lipinski definition) is 3. The Balaban J connectivity index is 2.09. The lowest BCUT2D eigenvalue weighted by Crippen LogP contribution is -2.27. The SMILES string of the molecule is CCCNC(=O)CCn1c(C(C)C)nc2c1CCNC2. The van der Waals surface area contributed by atoms with Crippen LogP contribution in [-0.4, -0.2) is 28.5 Å². The first-order valence-electron chi connectivity index (χ1n) is 7.69. The first kappa shape index (κ1) is 15.0. The molecule has 0 saturated carbocycles. The van der Waals surface area contributed by atoms with Gasteiger partial charge >= 0.3 is 0 Å².